The van der Waals surface area contributed by atoms with Gasteiger partial charge in [0, 0.05) is 39.7 Å². The number of para-hydroxylation sites is 1. The number of carbonyl (C=O) groups excluding carboxylic acids is 4. The van der Waals surface area contributed by atoms with Crippen molar-refractivity contribution in [3.05, 3.63) is 30.3 Å². The molecule has 1 aromatic carbocycles. The number of unbranched alkanes of at least 4 members (excludes halogenated alkanes) is 1. The van der Waals surface area contributed by atoms with Crippen LogP contribution in [-0.4, -0.2) is 94.1 Å². The molecule has 0 aliphatic rings. The number of nitrogens with one attached hydrogen (secondary N) is 2. The first-order valence-electron chi connectivity index (χ1n) is 13.2. The molecule has 12 heteroatoms. The summed E-state index contributed by atoms with van der Waals surface area (Å²) < 4.78 is 20.9. The second-order valence-electron chi connectivity index (χ2n) is 8.83. The van der Waals surface area contributed by atoms with Crippen LogP contribution < -0.4 is 21.1 Å². The SMILES string of the molecule is COCCCC(=O)[C@H](CCCCNC(=O)Oc1ccccc1)NC(=O)COCCOCCCC(=O)[C@@H](N)CO. The number of rotatable bonds is 23. The van der Waals surface area contributed by atoms with Crippen LogP contribution in [0.1, 0.15) is 44.9 Å². The molecule has 0 unspecified atom stereocenters. The number of amides is 2. The van der Waals surface area contributed by atoms with Crippen LogP contribution in [0.4, 0.5) is 4.79 Å². The number of ketones is 2. The van der Waals surface area contributed by atoms with E-state index in [0.717, 1.165) is 0 Å². The lowest BCUT2D eigenvalue weighted by molar-refractivity contribution is -0.131. The van der Waals surface area contributed by atoms with Gasteiger partial charge in [0.25, 0.3) is 0 Å². The van der Waals surface area contributed by atoms with Gasteiger partial charge in [-0.25, -0.2) is 4.79 Å². The molecule has 1 rings (SSSR count). The number of benzene rings is 1. The van der Waals surface area contributed by atoms with Crippen LogP contribution in [0.15, 0.2) is 30.3 Å². The number of aliphatic hydroxyl groups excluding tert-OH is 1. The monoisotopic (exact) mass is 553 g/mol. The van der Waals surface area contributed by atoms with Gasteiger partial charge in [0.1, 0.15) is 12.4 Å². The normalized spacial score (nSPS) is 12.4. The van der Waals surface area contributed by atoms with Gasteiger partial charge in [-0.15, -0.1) is 0 Å². The van der Waals surface area contributed by atoms with E-state index < -0.39 is 24.1 Å². The number of hydrogen-bond acceptors (Lipinski definition) is 10. The zero-order valence-electron chi connectivity index (χ0n) is 22.7. The lowest BCUT2D eigenvalue weighted by Crippen LogP contribution is -2.42. The highest BCUT2D eigenvalue weighted by Gasteiger charge is 2.20. The molecule has 12 nitrogen and oxygen atoms in total. The van der Waals surface area contributed by atoms with Gasteiger partial charge in [-0.3, -0.25) is 14.4 Å². The van der Waals surface area contributed by atoms with E-state index in [2.05, 4.69) is 10.6 Å². The third kappa shape index (κ3) is 17.3. The topological polar surface area (TPSA) is 176 Å². The van der Waals surface area contributed by atoms with Gasteiger partial charge in [0.05, 0.1) is 31.9 Å². The van der Waals surface area contributed by atoms with E-state index in [-0.39, 0.29) is 50.8 Å². The maximum atomic E-state index is 12.6. The zero-order chi connectivity index (χ0) is 28.7. The first-order valence-corrected chi connectivity index (χ1v) is 13.2. The molecule has 39 heavy (non-hydrogen) atoms. The molecule has 5 N–H and O–H groups in total. The minimum absolute atomic E-state index is 0.0874. The fourth-order valence-electron chi connectivity index (χ4n) is 3.43. The van der Waals surface area contributed by atoms with Gasteiger partial charge in [0.2, 0.25) is 5.91 Å². The fourth-order valence-corrected chi connectivity index (χ4v) is 3.43. The van der Waals surface area contributed by atoms with Crippen LogP contribution in [0.25, 0.3) is 0 Å². The summed E-state index contributed by atoms with van der Waals surface area (Å²) in [7, 11) is 1.56. The van der Waals surface area contributed by atoms with Crippen molar-refractivity contribution in [3.8, 4) is 5.75 Å². The van der Waals surface area contributed by atoms with Crippen molar-refractivity contribution in [2.24, 2.45) is 5.73 Å². The van der Waals surface area contributed by atoms with Crippen LogP contribution in [0, 0.1) is 0 Å². The molecular formula is C27H43N3O9. The second-order valence-corrected chi connectivity index (χ2v) is 8.83. The van der Waals surface area contributed by atoms with Crippen molar-refractivity contribution in [1.82, 2.24) is 10.6 Å². The Hall–Kier alpha value is -2.90. The van der Waals surface area contributed by atoms with Crippen molar-refractivity contribution >= 4 is 23.6 Å². The van der Waals surface area contributed by atoms with Crippen molar-refractivity contribution in [2.75, 3.05) is 53.3 Å². The molecule has 1 aromatic rings. The molecular weight excluding hydrogens is 510 g/mol. The number of methoxy groups -OCH3 is 1. The Bertz CT molecular complexity index is 839. The first-order chi connectivity index (χ1) is 18.9. The standard InChI is InChI=1S/C27H43N3O9/c1-36-15-7-13-25(33)23(11-5-6-14-29-27(35)39-21-9-3-2-4-10-21)30-26(34)20-38-18-17-37-16-8-12-24(32)22(28)19-31/h2-4,9-10,22-23,31H,5-8,11-20,28H2,1H3,(H,29,35)(H,30,34)/t22-,23-/m0/s1. The van der Waals surface area contributed by atoms with Gasteiger partial charge in [-0.2, -0.15) is 0 Å². The average molecular weight is 554 g/mol. The number of nitrogens with two attached hydrogens (primary N) is 1. The smallest absolute Gasteiger partial charge is 0.410 e. The second kappa shape index (κ2) is 22.0. The van der Waals surface area contributed by atoms with Gasteiger partial charge in [-0.05, 0) is 44.2 Å². The van der Waals surface area contributed by atoms with Crippen LogP contribution in [0.2, 0.25) is 0 Å². The average Bonchev–Trinajstić information content (AvgIpc) is 2.93. The van der Waals surface area contributed by atoms with Gasteiger partial charge in [-0.1, -0.05) is 18.2 Å². The van der Waals surface area contributed by atoms with E-state index in [4.69, 9.17) is 29.8 Å². The number of ether oxygens (including phenoxy) is 4. The summed E-state index contributed by atoms with van der Waals surface area (Å²) in [5.41, 5.74) is 5.44. The maximum absolute atomic E-state index is 12.6. The maximum Gasteiger partial charge on any atom is 0.412 e. The first kappa shape index (κ1) is 34.1. The molecule has 2 atom stereocenters. The third-order valence-electron chi connectivity index (χ3n) is 5.57. The fraction of sp³-hybridized carbons (Fsp3) is 0.630. The van der Waals surface area contributed by atoms with Gasteiger partial charge in [0.15, 0.2) is 11.6 Å². The van der Waals surface area contributed by atoms with Crippen LogP contribution in [0.5, 0.6) is 5.75 Å². The molecule has 0 bridgehead atoms. The van der Waals surface area contributed by atoms with Crippen molar-refractivity contribution < 1.29 is 43.2 Å². The van der Waals surface area contributed by atoms with Gasteiger partial charge < -0.3 is 40.4 Å². The molecule has 0 aliphatic heterocycles. The Labute approximate surface area is 229 Å². The summed E-state index contributed by atoms with van der Waals surface area (Å²) in [4.78, 5) is 48.4. The Kier molecular flexibility index (Phi) is 19.2. The minimum atomic E-state index is -0.858. The third-order valence-corrected chi connectivity index (χ3v) is 5.57. The van der Waals surface area contributed by atoms with E-state index in [9.17, 15) is 19.2 Å². The summed E-state index contributed by atoms with van der Waals surface area (Å²) in [6.45, 7) is 0.971. The quantitative estimate of drug-likeness (QED) is 0.144. The van der Waals surface area contributed by atoms with E-state index in [1.165, 1.54) is 0 Å². The molecule has 0 aromatic heterocycles. The van der Waals surface area contributed by atoms with Gasteiger partial charge >= 0.3 is 6.09 Å². The van der Waals surface area contributed by atoms with E-state index in [0.29, 0.717) is 57.6 Å². The lowest BCUT2D eigenvalue weighted by atomic mass is 10.0. The summed E-state index contributed by atoms with van der Waals surface area (Å²) >= 11 is 0. The summed E-state index contributed by atoms with van der Waals surface area (Å²) in [5.74, 6) is -0.268. The molecule has 0 saturated carbocycles. The predicted octanol–water partition coefficient (Wildman–Crippen LogP) is 1.13. The van der Waals surface area contributed by atoms with Crippen LogP contribution >= 0.6 is 0 Å². The molecule has 2 amide bonds. The molecule has 0 saturated heterocycles. The predicted molar refractivity (Wildman–Crippen MR) is 143 cm³/mol. The number of Topliss-reactive ketones (excluding diaryl/α,β-unsaturated/α-hetero) is 2. The number of aliphatic hydroxyl groups is 1. The van der Waals surface area contributed by atoms with Crippen LogP contribution in [-0.2, 0) is 28.6 Å². The largest absolute Gasteiger partial charge is 0.412 e. The zero-order valence-corrected chi connectivity index (χ0v) is 22.7. The van der Waals surface area contributed by atoms with Crippen molar-refractivity contribution in [2.45, 2.75) is 57.0 Å². The molecule has 0 fully saturated rings. The summed E-state index contributed by atoms with van der Waals surface area (Å²) in [6.07, 6.45) is 2.61. The van der Waals surface area contributed by atoms with E-state index in [1.807, 2.05) is 6.07 Å². The van der Waals surface area contributed by atoms with E-state index >= 15 is 0 Å². The molecule has 0 spiro atoms. The molecule has 0 aliphatic carbocycles. The lowest BCUT2D eigenvalue weighted by Gasteiger charge is -2.18. The Balaban J connectivity index is 2.28. The Morgan fingerprint density at radius 1 is 0.897 bits per heavy atom. The van der Waals surface area contributed by atoms with Crippen molar-refractivity contribution in [3.63, 3.8) is 0 Å². The molecule has 0 radical (unpaired) electrons. The van der Waals surface area contributed by atoms with E-state index in [1.54, 1.807) is 31.4 Å². The number of hydrogen-bond donors (Lipinski definition) is 4. The Morgan fingerprint density at radius 3 is 2.31 bits per heavy atom. The molecule has 0 heterocycles. The Morgan fingerprint density at radius 2 is 1.59 bits per heavy atom. The van der Waals surface area contributed by atoms with Crippen molar-refractivity contribution in [1.29, 1.82) is 0 Å². The van der Waals surface area contributed by atoms with Crippen LogP contribution in [0.3, 0.4) is 0 Å². The number of carbonyl (C=O) groups is 4. The molecule has 220 valence electrons. The summed E-state index contributed by atoms with van der Waals surface area (Å²) in [5, 5.41) is 14.2. The highest BCUT2D eigenvalue weighted by molar-refractivity contribution is 5.89. The minimum Gasteiger partial charge on any atom is -0.410 e. The highest BCUT2D eigenvalue weighted by atomic mass is 16.6. The highest BCUT2D eigenvalue weighted by Crippen LogP contribution is 2.09. The summed E-state index contributed by atoms with van der Waals surface area (Å²) in [6, 6.07) is 7.21.